The summed E-state index contributed by atoms with van der Waals surface area (Å²) in [4.78, 5) is 2.60. The van der Waals surface area contributed by atoms with E-state index in [-0.39, 0.29) is 6.04 Å². The second-order valence-corrected chi connectivity index (χ2v) is 6.95. The molecule has 0 aliphatic heterocycles. The van der Waals surface area contributed by atoms with E-state index in [4.69, 9.17) is 0 Å². The smallest absolute Gasteiger partial charge is 0.0578 e. The third kappa shape index (κ3) is 6.64. The average molecular weight is 339 g/mol. The van der Waals surface area contributed by atoms with Gasteiger partial charge in [0.05, 0.1) is 6.04 Å². The van der Waals surface area contributed by atoms with Crippen molar-refractivity contribution in [3.8, 4) is 0 Å². The predicted octanol–water partition coefficient (Wildman–Crippen LogP) is 5.27. The minimum absolute atomic E-state index is 0.253. The molecule has 0 saturated heterocycles. The molecule has 1 unspecified atom stereocenters. The zero-order valence-electron chi connectivity index (χ0n) is 16.1. The van der Waals surface area contributed by atoms with Crippen molar-refractivity contribution in [3.63, 3.8) is 0 Å². The third-order valence-electron chi connectivity index (χ3n) is 4.68. The maximum Gasteiger partial charge on any atom is 0.0578 e. The number of benzene rings is 2. The topological polar surface area (TPSA) is 15.3 Å². The normalized spacial score (nSPS) is 12.7. The van der Waals surface area contributed by atoms with E-state index < -0.39 is 0 Å². The monoisotopic (exact) mass is 338 g/mol. The maximum atomic E-state index is 3.86. The average Bonchev–Trinajstić information content (AvgIpc) is 2.66. The lowest BCUT2D eigenvalue weighted by Crippen LogP contribution is -2.35. The van der Waals surface area contributed by atoms with Crippen molar-refractivity contribution in [2.75, 3.05) is 19.6 Å². The molecule has 0 saturated carbocycles. The van der Waals surface area contributed by atoms with E-state index >= 15 is 0 Å². The number of hydrogen-bond donors (Lipinski definition) is 1. The third-order valence-corrected chi connectivity index (χ3v) is 4.68. The van der Waals surface area contributed by atoms with E-state index in [1.807, 2.05) is 0 Å². The summed E-state index contributed by atoms with van der Waals surface area (Å²) in [5, 5.41) is 3.86. The van der Waals surface area contributed by atoms with Gasteiger partial charge in [-0.15, -0.1) is 0 Å². The molecule has 0 fully saturated rings. The molecule has 2 heteroatoms. The fourth-order valence-corrected chi connectivity index (χ4v) is 3.39. The Kier molecular flexibility index (Phi) is 8.71. The lowest BCUT2D eigenvalue weighted by molar-refractivity contribution is 0.257. The van der Waals surface area contributed by atoms with Crippen LogP contribution in [-0.4, -0.2) is 30.6 Å². The van der Waals surface area contributed by atoms with Gasteiger partial charge in [0.25, 0.3) is 0 Å². The van der Waals surface area contributed by atoms with E-state index in [9.17, 15) is 0 Å². The number of nitrogens with one attached hydrogen (secondary N) is 1. The molecular formula is C23H34N2. The van der Waals surface area contributed by atoms with Gasteiger partial charge >= 0.3 is 0 Å². The first kappa shape index (κ1) is 19.7. The summed E-state index contributed by atoms with van der Waals surface area (Å²) in [5.41, 5.74) is 2.67. The Morgan fingerprint density at radius 2 is 1.24 bits per heavy atom. The SMILES string of the molecule is CCCN(CCC)CCC(C)NC(c1ccccc1)c1ccccc1. The highest BCUT2D eigenvalue weighted by molar-refractivity contribution is 5.31. The van der Waals surface area contributed by atoms with Crippen molar-refractivity contribution in [2.45, 2.75) is 52.1 Å². The van der Waals surface area contributed by atoms with Crippen LogP contribution in [0.15, 0.2) is 60.7 Å². The summed E-state index contributed by atoms with van der Waals surface area (Å²) in [7, 11) is 0. The van der Waals surface area contributed by atoms with Crippen LogP contribution in [-0.2, 0) is 0 Å². The van der Waals surface area contributed by atoms with Crippen molar-refractivity contribution in [3.05, 3.63) is 71.8 Å². The zero-order valence-corrected chi connectivity index (χ0v) is 16.1. The van der Waals surface area contributed by atoms with E-state index in [0.717, 1.165) is 0 Å². The molecule has 0 amide bonds. The molecule has 2 rings (SSSR count). The van der Waals surface area contributed by atoms with Gasteiger partial charge in [-0.05, 0) is 56.9 Å². The molecule has 2 aromatic rings. The summed E-state index contributed by atoms with van der Waals surface area (Å²) in [5.74, 6) is 0. The van der Waals surface area contributed by atoms with Gasteiger partial charge in [0, 0.05) is 6.04 Å². The van der Waals surface area contributed by atoms with Gasteiger partial charge in [0.15, 0.2) is 0 Å². The highest BCUT2D eigenvalue weighted by Crippen LogP contribution is 2.22. The summed E-state index contributed by atoms with van der Waals surface area (Å²) in [6.07, 6.45) is 3.65. The zero-order chi connectivity index (χ0) is 17.9. The summed E-state index contributed by atoms with van der Waals surface area (Å²) in [6, 6.07) is 22.3. The molecule has 1 atom stereocenters. The van der Waals surface area contributed by atoms with E-state index in [1.54, 1.807) is 0 Å². The van der Waals surface area contributed by atoms with E-state index in [1.165, 1.54) is 50.0 Å². The Bertz CT molecular complexity index is 522. The molecule has 2 nitrogen and oxygen atoms in total. The van der Waals surface area contributed by atoms with Gasteiger partial charge in [0.1, 0.15) is 0 Å². The molecule has 136 valence electrons. The Hall–Kier alpha value is -1.64. The van der Waals surface area contributed by atoms with Crippen molar-refractivity contribution in [1.29, 1.82) is 0 Å². The summed E-state index contributed by atoms with van der Waals surface area (Å²) < 4.78 is 0. The molecule has 0 aliphatic rings. The minimum Gasteiger partial charge on any atom is -0.304 e. The quantitative estimate of drug-likeness (QED) is 0.601. The molecule has 0 aliphatic carbocycles. The molecule has 0 heterocycles. The van der Waals surface area contributed by atoms with Crippen LogP contribution in [0.3, 0.4) is 0 Å². The number of nitrogens with zero attached hydrogens (tertiary/aromatic N) is 1. The van der Waals surface area contributed by atoms with Crippen LogP contribution < -0.4 is 5.32 Å². The molecule has 0 aromatic heterocycles. The molecule has 0 bridgehead atoms. The minimum atomic E-state index is 0.253. The first-order chi connectivity index (χ1) is 12.2. The highest BCUT2D eigenvalue weighted by Gasteiger charge is 2.16. The molecule has 25 heavy (non-hydrogen) atoms. The van der Waals surface area contributed by atoms with Gasteiger partial charge in [-0.25, -0.2) is 0 Å². The van der Waals surface area contributed by atoms with Gasteiger partial charge in [-0.3, -0.25) is 0 Å². The van der Waals surface area contributed by atoms with Crippen LogP contribution in [0.25, 0.3) is 0 Å². The molecule has 0 spiro atoms. The highest BCUT2D eigenvalue weighted by atomic mass is 15.1. The van der Waals surface area contributed by atoms with Gasteiger partial charge in [-0.1, -0.05) is 74.5 Å². The standard InChI is InChI=1S/C23H34N2/c1-4-17-25(18-5-2)19-16-20(3)24-23(21-12-8-6-9-13-21)22-14-10-7-11-15-22/h6-15,20,23-24H,4-5,16-19H2,1-3H3. The Morgan fingerprint density at radius 1 is 0.760 bits per heavy atom. The van der Waals surface area contributed by atoms with Crippen molar-refractivity contribution >= 4 is 0 Å². The van der Waals surface area contributed by atoms with Crippen LogP contribution in [0.2, 0.25) is 0 Å². The van der Waals surface area contributed by atoms with Crippen LogP contribution in [0.1, 0.15) is 57.2 Å². The fourth-order valence-electron chi connectivity index (χ4n) is 3.39. The van der Waals surface area contributed by atoms with Crippen LogP contribution in [0.4, 0.5) is 0 Å². The Morgan fingerprint density at radius 3 is 1.68 bits per heavy atom. The van der Waals surface area contributed by atoms with Crippen LogP contribution in [0, 0.1) is 0 Å². The fraction of sp³-hybridized carbons (Fsp3) is 0.478. The Labute approximate surface area is 154 Å². The lowest BCUT2D eigenvalue weighted by atomic mass is 9.97. The van der Waals surface area contributed by atoms with Gasteiger partial charge in [0.2, 0.25) is 0 Å². The van der Waals surface area contributed by atoms with Crippen molar-refractivity contribution in [1.82, 2.24) is 10.2 Å². The molecule has 1 N–H and O–H groups in total. The van der Waals surface area contributed by atoms with Crippen molar-refractivity contribution in [2.24, 2.45) is 0 Å². The Balaban J connectivity index is 2.01. The maximum absolute atomic E-state index is 3.86. The lowest BCUT2D eigenvalue weighted by Gasteiger charge is -2.27. The van der Waals surface area contributed by atoms with Gasteiger partial charge in [-0.2, -0.15) is 0 Å². The first-order valence-electron chi connectivity index (χ1n) is 9.82. The second kappa shape index (κ2) is 11.1. The number of hydrogen-bond acceptors (Lipinski definition) is 2. The molecular weight excluding hydrogens is 304 g/mol. The van der Waals surface area contributed by atoms with Crippen LogP contribution >= 0.6 is 0 Å². The summed E-state index contributed by atoms with van der Waals surface area (Å²) in [6.45, 7) is 10.4. The van der Waals surface area contributed by atoms with E-state index in [2.05, 4.69) is 91.7 Å². The first-order valence-corrected chi connectivity index (χ1v) is 9.82. The molecule has 0 radical (unpaired) electrons. The predicted molar refractivity (Wildman–Crippen MR) is 109 cm³/mol. The number of rotatable bonds is 11. The second-order valence-electron chi connectivity index (χ2n) is 6.95. The largest absolute Gasteiger partial charge is 0.304 e. The van der Waals surface area contributed by atoms with Gasteiger partial charge < -0.3 is 10.2 Å². The molecule has 2 aromatic carbocycles. The van der Waals surface area contributed by atoms with E-state index in [0.29, 0.717) is 6.04 Å². The van der Waals surface area contributed by atoms with Crippen molar-refractivity contribution < 1.29 is 0 Å². The van der Waals surface area contributed by atoms with Crippen LogP contribution in [0.5, 0.6) is 0 Å². The summed E-state index contributed by atoms with van der Waals surface area (Å²) >= 11 is 0.